The second kappa shape index (κ2) is 11.7. The molecule has 3 heterocycles. The van der Waals surface area contributed by atoms with Gasteiger partial charge >= 0.3 is 17.9 Å². The average molecular weight is 550 g/mol. The molecule has 204 valence electrons. The Kier molecular flexibility index (Phi) is 8.42. The van der Waals surface area contributed by atoms with Crippen LogP contribution in [0.5, 0.6) is 11.5 Å². The molecule has 2 amide bonds. The van der Waals surface area contributed by atoms with Crippen LogP contribution in [0.1, 0.15) is 25.8 Å². The fourth-order valence-electron chi connectivity index (χ4n) is 4.02. The van der Waals surface area contributed by atoms with Gasteiger partial charge in [0.05, 0.1) is 6.04 Å². The first-order valence-electron chi connectivity index (χ1n) is 11.7. The molecule has 0 saturated carbocycles. The van der Waals surface area contributed by atoms with Crippen molar-refractivity contribution in [1.29, 1.82) is 0 Å². The van der Waals surface area contributed by atoms with Crippen molar-refractivity contribution >= 4 is 41.5 Å². The summed E-state index contributed by atoms with van der Waals surface area (Å²) in [5.41, 5.74) is 7.26. The summed E-state index contributed by atoms with van der Waals surface area (Å²) in [5, 5.41) is 2.08. The molecule has 1 unspecified atom stereocenters. The van der Waals surface area contributed by atoms with E-state index in [0.29, 0.717) is 29.9 Å². The molecule has 0 bridgehead atoms. The maximum absolute atomic E-state index is 13.0. The SMILES string of the molecule is CC(=O)OCOC(=O)C1=C(COC(C)=O)CS[C@@H]2[C@H](NC(=O)C(N)CCc3ccc4c(c3)OCO4)C(=O)N12. The maximum atomic E-state index is 13.0. The smallest absolute Gasteiger partial charge is 0.358 e. The van der Waals surface area contributed by atoms with E-state index >= 15 is 0 Å². The zero-order valence-electron chi connectivity index (χ0n) is 20.7. The van der Waals surface area contributed by atoms with Gasteiger partial charge in [0.1, 0.15) is 23.7 Å². The van der Waals surface area contributed by atoms with Gasteiger partial charge in [0, 0.05) is 25.2 Å². The van der Waals surface area contributed by atoms with E-state index in [-0.39, 0.29) is 24.8 Å². The van der Waals surface area contributed by atoms with Crippen LogP contribution in [0.2, 0.25) is 0 Å². The zero-order chi connectivity index (χ0) is 27.4. The van der Waals surface area contributed by atoms with Crippen LogP contribution in [0.15, 0.2) is 29.5 Å². The lowest BCUT2D eigenvalue weighted by Crippen LogP contribution is -2.71. The van der Waals surface area contributed by atoms with Gasteiger partial charge in [0.15, 0.2) is 11.5 Å². The third kappa shape index (κ3) is 6.02. The van der Waals surface area contributed by atoms with Crippen LogP contribution < -0.4 is 20.5 Å². The molecule has 1 saturated heterocycles. The number of carbonyl (C=O) groups is 5. The number of thioether (sulfide) groups is 1. The van der Waals surface area contributed by atoms with E-state index in [1.54, 1.807) is 6.07 Å². The molecule has 3 aliphatic heterocycles. The summed E-state index contributed by atoms with van der Waals surface area (Å²) in [5.74, 6) is -1.64. The van der Waals surface area contributed by atoms with Crippen LogP contribution in [-0.2, 0) is 44.6 Å². The molecule has 14 heteroatoms. The third-order valence-electron chi connectivity index (χ3n) is 5.96. The van der Waals surface area contributed by atoms with Gasteiger partial charge in [-0.15, -0.1) is 11.8 Å². The fourth-order valence-corrected chi connectivity index (χ4v) is 5.34. The number of aryl methyl sites for hydroxylation is 1. The first-order valence-corrected chi connectivity index (χ1v) is 12.8. The largest absolute Gasteiger partial charge is 0.461 e. The van der Waals surface area contributed by atoms with E-state index in [4.69, 9.17) is 24.7 Å². The van der Waals surface area contributed by atoms with Gasteiger partial charge in [-0.1, -0.05) is 6.07 Å². The number of hydrogen-bond donors (Lipinski definition) is 2. The fraction of sp³-hybridized carbons (Fsp3) is 0.458. The second-order valence-electron chi connectivity index (χ2n) is 8.65. The summed E-state index contributed by atoms with van der Waals surface area (Å²) in [6.45, 7) is 1.67. The number of amides is 2. The van der Waals surface area contributed by atoms with Crippen LogP contribution >= 0.6 is 11.8 Å². The summed E-state index contributed by atoms with van der Waals surface area (Å²) in [7, 11) is 0. The number of hydrogen-bond acceptors (Lipinski definition) is 12. The number of nitrogens with one attached hydrogen (secondary N) is 1. The van der Waals surface area contributed by atoms with Gasteiger partial charge in [0.25, 0.3) is 5.91 Å². The molecule has 38 heavy (non-hydrogen) atoms. The lowest BCUT2D eigenvalue weighted by molar-refractivity contribution is -0.167. The number of carbonyl (C=O) groups excluding carboxylic acids is 5. The van der Waals surface area contributed by atoms with Gasteiger partial charge < -0.3 is 34.7 Å². The van der Waals surface area contributed by atoms with Crippen molar-refractivity contribution in [2.75, 3.05) is 25.9 Å². The van der Waals surface area contributed by atoms with Crippen LogP contribution in [0, 0.1) is 0 Å². The summed E-state index contributed by atoms with van der Waals surface area (Å²) < 4.78 is 25.3. The Labute approximate surface area is 221 Å². The van der Waals surface area contributed by atoms with Crippen molar-refractivity contribution in [3.05, 3.63) is 35.0 Å². The van der Waals surface area contributed by atoms with Gasteiger partial charge in [-0.2, -0.15) is 0 Å². The van der Waals surface area contributed by atoms with Gasteiger partial charge in [-0.05, 0) is 30.5 Å². The Morgan fingerprint density at radius 1 is 1.13 bits per heavy atom. The monoisotopic (exact) mass is 549 g/mol. The van der Waals surface area contributed by atoms with Crippen molar-refractivity contribution in [2.45, 2.75) is 44.1 Å². The van der Waals surface area contributed by atoms with E-state index < -0.39 is 54.0 Å². The molecule has 13 nitrogen and oxygen atoms in total. The van der Waals surface area contributed by atoms with Crippen LogP contribution in [0.3, 0.4) is 0 Å². The number of nitrogens with zero attached hydrogens (tertiary/aromatic N) is 1. The molecule has 3 N–H and O–H groups in total. The molecule has 0 spiro atoms. The summed E-state index contributed by atoms with van der Waals surface area (Å²) >= 11 is 1.29. The topological polar surface area (TPSA) is 173 Å². The predicted octanol–water partition coefficient (Wildman–Crippen LogP) is -0.0439. The Morgan fingerprint density at radius 3 is 2.61 bits per heavy atom. The molecule has 3 aliphatic rings. The first kappa shape index (κ1) is 27.3. The van der Waals surface area contributed by atoms with E-state index in [0.717, 1.165) is 12.5 Å². The number of benzene rings is 1. The molecule has 1 aromatic carbocycles. The van der Waals surface area contributed by atoms with Gasteiger partial charge in [-0.25, -0.2) is 4.79 Å². The molecule has 1 fully saturated rings. The first-order chi connectivity index (χ1) is 18.2. The Morgan fingerprint density at radius 2 is 1.87 bits per heavy atom. The highest BCUT2D eigenvalue weighted by Crippen LogP contribution is 2.41. The number of rotatable bonds is 10. The predicted molar refractivity (Wildman–Crippen MR) is 130 cm³/mol. The minimum Gasteiger partial charge on any atom is -0.461 e. The molecule has 3 atom stereocenters. The highest BCUT2D eigenvalue weighted by Gasteiger charge is 2.54. The minimum absolute atomic E-state index is 0.107. The number of esters is 3. The van der Waals surface area contributed by atoms with Crippen molar-refractivity contribution in [3.8, 4) is 11.5 Å². The zero-order valence-corrected chi connectivity index (χ0v) is 21.5. The quantitative estimate of drug-likeness (QED) is 0.227. The minimum atomic E-state index is -0.919. The highest BCUT2D eigenvalue weighted by molar-refractivity contribution is 8.00. The Hall–Kier alpha value is -3.78. The average Bonchev–Trinajstić information content (AvgIpc) is 3.36. The van der Waals surface area contributed by atoms with Crippen LogP contribution in [0.4, 0.5) is 0 Å². The van der Waals surface area contributed by atoms with Crippen LogP contribution in [0.25, 0.3) is 0 Å². The Balaban J connectivity index is 1.37. The summed E-state index contributed by atoms with van der Waals surface area (Å²) in [6, 6.07) is 3.71. The van der Waals surface area contributed by atoms with Gasteiger partial charge in [0.2, 0.25) is 19.5 Å². The van der Waals surface area contributed by atoms with E-state index in [1.165, 1.54) is 23.6 Å². The second-order valence-corrected chi connectivity index (χ2v) is 9.75. The van der Waals surface area contributed by atoms with Crippen molar-refractivity contribution < 1.29 is 47.7 Å². The van der Waals surface area contributed by atoms with E-state index in [2.05, 4.69) is 10.1 Å². The molecular formula is C24H27N3O10S. The maximum Gasteiger partial charge on any atom is 0.358 e. The number of nitrogens with two attached hydrogens (primary N) is 1. The Bertz CT molecular complexity index is 1190. The van der Waals surface area contributed by atoms with E-state index in [1.807, 2.05) is 12.1 Å². The van der Waals surface area contributed by atoms with Gasteiger partial charge in [-0.3, -0.25) is 24.1 Å². The molecule has 4 rings (SSSR count). The van der Waals surface area contributed by atoms with Crippen molar-refractivity contribution in [1.82, 2.24) is 10.2 Å². The summed E-state index contributed by atoms with van der Waals surface area (Å²) in [6.07, 6.45) is 0.836. The molecular weight excluding hydrogens is 522 g/mol. The standard InChI is InChI=1S/C24H27N3O10S/c1-12(28)33-8-15-9-38-23-19(22(31)27(23)20(15)24(32)37-10-34-13(2)29)26-21(30)16(25)5-3-14-4-6-17-18(7-14)36-11-35-17/h4,6-7,16,19,23H,3,5,8-11,25H2,1-2H3,(H,26,30)/t16?,19-,23-/m1/s1. The molecule has 1 aromatic rings. The molecule has 0 aliphatic carbocycles. The number of fused-ring (bicyclic) bond motifs is 2. The number of ether oxygens (including phenoxy) is 5. The van der Waals surface area contributed by atoms with Crippen molar-refractivity contribution in [3.63, 3.8) is 0 Å². The number of β-lactam (4-membered cyclic amide) rings is 1. The normalized spacial score (nSPS) is 20.2. The third-order valence-corrected chi connectivity index (χ3v) is 7.30. The lowest BCUT2D eigenvalue weighted by atomic mass is 10.0. The lowest BCUT2D eigenvalue weighted by Gasteiger charge is -2.49. The van der Waals surface area contributed by atoms with Crippen LogP contribution in [-0.4, -0.2) is 78.0 Å². The molecule has 0 aromatic heterocycles. The molecule has 0 radical (unpaired) electrons. The summed E-state index contributed by atoms with van der Waals surface area (Å²) in [4.78, 5) is 62.0. The highest BCUT2D eigenvalue weighted by atomic mass is 32.2. The van der Waals surface area contributed by atoms with E-state index in [9.17, 15) is 24.0 Å². The van der Waals surface area contributed by atoms with Crippen molar-refractivity contribution in [2.24, 2.45) is 5.73 Å².